The van der Waals surface area contributed by atoms with Gasteiger partial charge in [-0.3, -0.25) is 9.48 Å². The van der Waals surface area contributed by atoms with E-state index in [4.69, 9.17) is 4.98 Å². The highest BCUT2D eigenvalue weighted by Crippen LogP contribution is 2.24. The number of nitrogens with zero attached hydrogens (tertiary/aromatic N) is 5. The molecule has 0 aromatic carbocycles. The molecule has 2 aromatic rings. The topological polar surface area (TPSA) is 75.9 Å². The quantitative estimate of drug-likeness (QED) is 0.897. The van der Waals surface area contributed by atoms with Crippen LogP contribution >= 0.6 is 0 Å². The molecule has 2 atom stereocenters. The molecule has 0 saturated carbocycles. The molecule has 2 aliphatic rings. The number of rotatable bonds is 4. The summed E-state index contributed by atoms with van der Waals surface area (Å²) in [6.45, 7) is 5.98. The Bertz CT molecular complexity index is 753. The van der Waals surface area contributed by atoms with E-state index in [-0.39, 0.29) is 11.8 Å². The third-order valence-corrected chi connectivity index (χ3v) is 5.37. The van der Waals surface area contributed by atoms with Crippen LogP contribution in [0.3, 0.4) is 0 Å². The van der Waals surface area contributed by atoms with E-state index >= 15 is 0 Å². The fourth-order valence-electron chi connectivity index (χ4n) is 3.87. The molecule has 0 radical (unpaired) electrons. The lowest BCUT2D eigenvalue weighted by atomic mass is 9.98. The van der Waals surface area contributed by atoms with Crippen molar-refractivity contribution in [1.82, 2.24) is 30.0 Å². The Balaban J connectivity index is 1.41. The number of amides is 1. The number of aromatic nitrogens is 4. The van der Waals surface area contributed by atoms with Gasteiger partial charge < -0.3 is 10.2 Å². The minimum absolute atomic E-state index is 0.0926. The summed E-state index contributed by atoms with van der Waals surface area (Å²) < 4.78 is 1.81. The van der Waals surface area contributed by atoms with Crippen molar-refractivity contribution in [3.05, 3.63) is 41.7 Å². The first-order chi connectivity index (χ1) is 12.7. The van der Waals surface area contributed by atoms with Crippen molar-refractivity contribution in [1.29, 1.82) is 0 Å². The lowest BCUT2D eigenvalue weighted by Crippen LogP contribution is -2.40. The number of hydrogen-bond donors (Lipinski definition) is 1. The summed E-state index contributed by atoms with van der Waals surface area (Å²) in [5.41, 5.74) is 2.20. The Kier molecular flexibility index (Phi) is 4.97. The minimum Gasteiger partial charge on any atom is -0.338 e. The fraction of sp³-hybridized carbons (Fsp3) is 0.579. The molecular weight excluding hydrogens is 328 g/mol. The lowest BCUT2D eigenvalue weighted by Gasteiger charge is -2.31. The van der Waals surface area contributed by atoms with Gasteiger partial charge in [-0.2, -0.15) is 5.10 Å². The van der Waals surface area contributed by atoms with Crippen LogP contribution in [0.25, 0.3) is 0 Å². The van der Waals surface area contributed by atoms with Gasteiger partial charge in [0.15, 0.2) is 0 Å². The van der Waals surface area contributed by atoms with Gasteiger partial charge in [0.2, 0.25) is 5.91 Å². The van der Waals surface area contributed by atoms with Crippen LogP contribution in [0.2, 0.25) is 0 Å². The van der Waals surface area contributed by atoms with E-state index in [1.807, 2.05) is 35.0 Å². The monoisotopic (exact) mass is 354 g/mol. The Hall–Kier alpha value is -2.28. The van der Waals surface area contributed by atoms with Crippen LogP contribution in [0, 0.1) is 5.92 Å². The van der Waals surface area contributed by atoms with Gasteiger partial charge in [0.05, 0.1) is 18.2 Å². The summed E-state index contributed by atoms with van der Waals surface area (Å²) in [6.07, 6.45) is 8.72. The maximum absolute atomic E-state index is 12.8. The largest absolute Gasteiger partial charge is 0.338 e. The number of carbonyl (C=O) groups is 1. The zero-order valence-corrected chi connectivity index (χ0v) is 15.3. The number of nitrogens with one attached hydrogen (secondary N) is 1. The van der Waals surface area contributed by atoms with Gasteiger partial charge in [-0.15, -0.1) is 0 Å². The molecule has 0 bridgehead atoms. The van der Waals surface area contributed by atoms with Crippen molar-refractivity contribution in [2.24, 2.45) is 5.92 Å². The summed E-state index contributed by atoms with van der Waals surface area (Å²) in [7, 11) is 0. The first-order valence-corrected chi connectivity index (χ1v) is 9.52. The van der Waals surface area contributed by atoms with Crippen LogP contribution in [-0.4, -0.2) is 50.2 Å². The van der Waals surface area contributed by atoms with Crippen LogP contribution in [0.1, 0.15) is 42.8 Å². The van der Waals surface area contributed by atoms with Gasteiger partial charge in [0, 0.05) is 56.1 Å². The molecule has 1 N–H and O–H groups in total. The number of carbonyl (C=O) groups excluding carboxylic acids is 1. The predicted octanol–water partition coefficient (Wildman–Crippen LogP) is 1.36. The smallest absolute Gasteiger partial charge is 0.227 e. The number of hydrogen-bond acceptors (Lipinski definition) is 5. The van der Waals surface area contributed by atoms with Crippen molar-refractivity contribution >= 4 is 5.91 Å². The van der Waals surface area contributed by atoms with Crippen LogP contribution in [0.5, 0.6) is 0 Å². The van der Waals surface area contributed by atoms with Crippen molar-refractivity contribution in [3.63, 3.8) is 0 Å². The standard InChI is InChI=1S/C19H26N6O/c1-14(12-25-8-3-7-22-25)19(26)24-9-5-17-16(13-24)11-21-18(23-17)15-4-2-6-20-10-15/h3,7-8,11,14-15,20H,2,4-6,9-10,12-13H2,1H3. The van der Waals surface area contributed by atoms with Gasteiger partial charge >= 0.3 is 0 Å². The SMILES string of the molecule is CC(Cn1cccn1)C(=O)N1CCc2nc(C3CCCNC3)ncc2C1. The first kappa shape index (κ1) is 17.1. The van der Waals surface area contributed by atoms with E-state index in [9.17, 15) is 4.79 Å². The van der Waals surface area contributed by atoms with Crippen molar-refractivity contribution in [3.8, 4) is 0 Å². The van der Waals surface area contributed by atoms with Crippen LogP contribution in [0.4, 0.5) is 0 Å². The predicted molar refractivity (Wildman–Crippen MR) is 97.4 cm³/mol. The molecule has 2 aliphatic heterocycles. The summed E-state index contributed by atoms with van der Waals surface area (Å²) >= 11 is 0. The highest BCUT2D eigenvalue weighted by Gasteiger charge is 2.27. The zero-order chi connectivity index (χ0) is 17.9. The average molecular weight is 354 g/mol. The van der Waals surface area contributed by atoms with Crippen molar-refractivity contribution in [2.75, 3.05) is 19.6 Å². The van der Waals surface area contributed by atoms with Crippen LogP contribution in [0.15, 0.2) is 24.7 Å². The highest BCUT2D eigenvalue weighted by atomic mass is 16.2. The van der Waals surface area contributed by atoms with E-state index in [2.05, 4.69) is 15.4 Å². The Morgan fingerprint density at radius 2 is 2.38 bits per heavy atom. The molecule has 4 rings (SSSR count). The third-order valence-electron chi connectivity index (χ3n) is 5.37. The normalized spacial score (nSPS) is 21.3. The second kappa shape index (κ2) is 7.53. The summed E-state index contributed by atoms with van der Waals surface area (Å²) in [5, 5.41) is 7.62. The van der Waals surface area contributed by atoms with Crippen molar-refractivity contribution < 1.29 is 4.79 Å². The molecule has 26 heavy (non-hydrogen) atoms. The van der Waals surface area contributed by atoms with Gasteiger partial charge in [-0.1, -0.05) is 6.92 Å². The summed E-state index contributed by atoms with van der Waals surface area (Å²) in [4.78, 5) is 24.2. The Morgan fingerprint density at radius 1 is 1.46 bits per heavy atom. The van der Waals surface area contributed by atoms with Crippen LogP contribution in [-0.2, 0) is 24.3 Å². The van der Waals surface area contributed by atoms with Gasteiger partial charge in [0.25, 0.3) is 0 Å². The average Bonchev–Trinajstić information content (AvgIpc) is 3.20. The van der Waals surface area contributed by atoms with E-state index in [0.717, 1.165) is 49.6 Å². The zero-order valence-electron chi connectivity index (χ0n) is 15.3. The lowest BCUT2D eigenvalue weighted by molar-refractivity contribution is -0.136. The van der Waals surface area contributed by atoms with E-state index < -0.39 is 0 Å². The van der Waals surface area contributed by atoms with Gasteiger partial charge in [0.1, 0.15) is 5.82 Å². The number of piperidine rings is 1. The third kappa shape index (κ3) is 3.62. The molecule has 1 amide bonds. The molecule has 1 fully saturated rings. The minimum atomic E-state index is -0.0926. The molecular formula is C19H26N6O. The molecule has 2 unspecified atom stereocenters. The van der Waals surface area contributed by atoms with E-state index in [1.54, 1.807) is 6.20 Å². The fourth-order valence-corrected chi connectivity index (χ4v) is 3.87. The highest BCUT2D eigenvalue weighted by molar-refractivity contribution is 5.78. The summed E-state index contributed by atoms with van der Waals surface area (Å²) in [6, 6.07) is 1.88. The number of fused-ring (bicyclic) bond motifs is 1. The molecule has 4 heterocycles. The molecule has 138 valence electrons. The van der Waals surface area contributed by atoms with Gasteiger partial charge in [-0.05, 0) is 25.5 Å². The van der Waals surface area contributed by atoms with E-state index in [1.165, 1.54) is 6.42 Å². The van der Waals surface area contributed by atoms with Gasteiger partial charge in [-0.25, -0.2) is 9.97 Å². The Morgan fingerprint density at radius 3 is 3.15 bits per heavy atom. The molecule has 0 aliphatic carbocycles. The van der Waals surface area contributed by atoms with Crippen LogP contribution < -0.4 is 5.32 Å². The van der Waals surface area contributed by atoms with E-state index in [0.29, 0.717) is 19.0 Å². The second-order valence-electron chi connectivity index (χ2n) is 7.38. The molecule has 2 aromatic heterocycles. The van der Waals surface area contributed by atoms with Crippen molar-refractivity contribution in [2.45, 2.75) is 45.2 Å². The molecule has 0 spiro atoms. The molecule has 7 nitrogen and oxygen atoms in total. The Labute approximate surface area is 153 Å². The second-order valence-corrected chi connectivity index (χ2v) is 7.38. The molecule has 1 saturated heterocycles. The first-order valence-electron chi connectivity index (χ1n) is 9.52. The maximum Gasteiger partial charge on any atom is 0.227 e. The summed E-state index contributed by atoms with van der Waals surface area (Å²) in [5.74, 6) is 1.46. The molecule has 7 heteroatoms. The maximum atomic E-state index is 12.8.